The molecule has 0 aromatic heterocycles. The second-order valence-corrected chi connectivity index (χ2v) is 9.12. The van der Waals surface area contributed by atoms with E-state index in [1.807, 2.05) is 25.1 Å². The van der Waals surface area contributed by atoms with Crippen molar-refractivity contribution < 1.29 is 13.2 Å². The van der Waals surface area contributed by atoms with Gasteiger partial charge in [0.2, 0.25) is 15.9 Å². The average Bonchev–Trinajstić information content (AvgIpc) is 3.40. The van der Waals surface area contributed by atoms with Crippen molar-refractivity contribution in [3.63, 3.8) is 0 Å². The summed E-state index contributed by atoms with van der Waals surface area (Å²) in [6.45, 7) is 1.97. The Labute approximate surface area is 162 Å². The molecule has 0 spiro atoms. The Kier molecular flexibility index (Phi) is 5.79. The Hall–Kier alpha value is -1.70. The third kappa shape index (κ3) is 5.16. The number of nitrogens with one attached hydrogen (secondary N) is 2. The SMILES string of the molecule is Cc1cc(NC(=O)CCc2ccc(S(=O)(=O)NC3CC3)cc2)ccc1Br. The number of benzene rings is 2. The van der Waals surface area contributed by atoms with Gasteiger partial charge in [0.05, 0.1) is 4.90 Å². The van der Waals surface area contributed by atoms with Crippen LogP contribution in [0.25, 0.3) is 0 Å². The summed E-state index contributed by atoms with van der Waals surface area (Å²) in [7, 11) is -3.43. The molecule has 138 valence electrons. The average molecular weight is 437 g/mol. The molecule has 0 saturated heterocycles. The van der Waals surface area contributed by atoms with E-state index in [1.54, 1.807) is 24.3 Å². The number of halogens is 1. The van der Waals surface area contributed by atoms with Crippen LogP contribution in [0.1, 0.15) is 30.4 Å². The van der Waals surface area contributed by atoms with Crippen molar-refractivity contribution >= 4 is 37.5 Å². The van der Waals surface area contributed by atoms with E-state index in [4.69, 9.17) is 0 Å². The zero-order valence-electron chi connectivity index (χ0n) is 14.5. The van der Waals surface area contributed by atoms with E-state index in [0.717, 1.165) is 34.1 Å². The first kappa shape index (κ1) is 19.1. The van der Waals surface area contributed by atoms with Gasteiger partial charge in [-0.2, -0.15) is 0 Å². The number of amides is 1. The van der Waals surface area contributed by atoms with E-state index in [2.05, 4.69) is 26.0 Å². The second-order valence-electron chi connectivity index (χ2n) is 6.55. The summed E-state index contributed by atoms with van der Waals surface area (Å²) < 4.78 is 27.9. The molecule has 5 nitrogen and oxygen atoms in total. The van der Waals surface area contributed by atoms with Crippen molar-refractivity contribution in [2.24, 2.45) is 0 Å². The van der Waals surface area contributed by atoms with Crippen LogP contribution in [-0.4, -0.2) is 20.4 Å². The molecule has 3 rings (SSSR count). The molecule has 7 heteroatoms. The summed E-state index contributed by atoms with van der Waals surface area (Å²) in [5, 5.41) is 2.88. The first-order valence-electron chi connectivity index (χ1n) is 8.51. The summed E-state index contributed by atoms with van der Waals surface area (Å²) >= 11 is 3.43. The van der Waals surface area contributed by atoms with E-state index in [-0.39, 0.29) is 16.8 Å². The number of anilines is 1. The minimum absolute atomic E-state index is 0.0705. The zero-order valence-corrected chi connectivity index (χ0v) is 16.9. The summed E-state index contributed by atoms with van der Waals surface area (Å²) in [6, 6.07) is 12.5. The molecule has 1 aliphatic carbocycles. The van der Waals surface area contributed by atoms with Gasteiger partial charge in [-0.1, -0.05) is 28.1 Å². The third-order valence-electron chi connectivity index (χ3n) is 4.22. The van der Waals surface area contributed by atoms with Gasteiger partial charge in [0.1, 0.15) is 0 Å². The number of hydrogen-bond donors (Lipinski definition) is 2. The van der Waals surface area contributed by atoms with Crippen molar-refractivity contribution in [2.45, 2.75) is 43.5 Å². The van der Waals surface area contributed by atoms with Crippen LogP contribution in [0.3, 0.4) is 0 Å². The molecule has 0 heterocycles. The molecule has 0 unspecified atom stereocenters. The lowest BCUT2D eigenvalue weighted by atomic mass is 10.1. The second kappa shape index (κ2) is 7.90. The number of carbonyl (C=O) groups excluding carboxylic acids is 1. The van der Waals surface area contributed by atoms with Crippen molar-refractivity contribution in [1.82, 2.24) is 4.72 Å². The molecule has 2 N–H and O–H groups in total. The van der Waals surface area contributed by atoms with E-state index < -0.39 is 10.0 Å². The molecule has 26 heavy (non-hydrogen) atoms. The monoisotopic (exact) mass is 436 g/mol. The first-order chi connectivity index (χ1) is 12.3. The molecule has 0 bridgehead atoms. The number of rotatable bonds is 7. The predicted octanol–water partition coefficient (Wildman–Crippen LogP) is 3.77. The molecule has 1 fully saturated rings. The lowest BCUT2D eigenvalue weighted by Gasteiger charge is -2.08. The van der Waals surface area contributed by atoms with Gasteiger partial charge in [-0.05, 0) is 67.6 Å². The van der Waals surface area contributed by atoms with Crippen molar-refractivity contribution in [3.05, 3.63) is 58.1 Å². The summed E-state index contributed by atoms with van der Waals surface area (Å²) in [6.07, 6.45) is 2.70. The lowest BCUT2D eigenvalue weighted by molar-refractivity contribution is -0.116. The van der Waals surface area contributed by atoms with E-state index >= 15 is 0 Å². The van der Waals surface area contributed by atoms with E-state index in [1.165, 1.54) is 0 Å². The van der Waals surface area contributed by atoms with E-state index in [0.29, 0.717) is 12.8 Å². The predicted molar refractivity (Wildman–Crippen MR) is 106 cm³/mol. The number of carbonyl (C=O) groups is 1. The standard InChI is InChI=1S/C19H21BrN2O3S/c1-13-12-16(7-10-18(13)20)21-19(23)11-4-14-2-8-17(9-3-14)26(24,25)22-15-5-6-15/h2-3,7-10,12,15,22H,4-6,11H2,1H3,(H,21,23). The Bertz CT molecular complexity index is 907. The van der Waals surface area contributed by atoms with Gasteiger partial charge in [-0.3, -0.25) is 4.79 Å². The molecular formula is C19H21BrN2O3S. The van der Waals surface area contributed by atoms with Gasteiger partial charge in [0.25, 0.3) is 0 Å². The quantitative estimate of drug-likeness (QED) is 0.693. The van der Waals surface area contributed by atoms with Gasteiger partial charge >= 0.3 is 0 Å². The highest BCUT2D eigenvalue weighted by molar-refractivity contribution is 9.10. The third-order valence-corrected chi connectivity index (χ3v) is 6.64. The fourth-order valence-electron chi connectivity index (χ4n) is 2.53. The highest BCUT2D eigenvalue weighted by Gasteiger charge is 2.27. The molecule has 0 atom stereocenters. The number of aryl methyl sites for hydroxylation is 2. The summed E-state index contributed by atoms with van der Waals surface area (Å²) in [4.78, 5) is 12.4. The van der Waals surface area contributed by atoms with Gasteiger partial charge in [-0.25, -0.2) is 13.1 Å². The van der Waals surface area contributed by atoms with E-state index in [9.17, 15) is 13.2 Å². The van der Waals surface area contributed by atoms with Crippen LogP contribution in [0.2, 0.25) is 0 Å². The molecule has 2 aromatic carbocycles. The Morgan fingerprint density at radius 2 is 1.85 bits per heavy atom. The fourth-order valence-corrected chi connectivity index (χ4v) is 4.08. The molecule has 0 radical (unpaired) electrons. The summed E-state index contributed by atoms with van der Waals surface area (Å²) in [5.41, 5.74) is 2.75. The smallest absolute Gasteiger partial charge is 0.240 e. The van der Waals surface area contributed by atoms with Gasteiger partial charge in [-0.15, -0.1) is 0 Å². The van der Waals surface area contributed by atoms with Gasteiger partial charge in [0.15, 0.2) is 0 Å². The summed E-state index contributed by atoms with van der Waals surface area (Å²) in [5.74, 6) is -0.0705. The highest BCUT2D eigenvalue weighted by atomic mass is 79.9. The van der Waals surface area contributed by atoms with Crippen LogP contribution in [0.5, 0.6) is 0 Å². The first-order valence-corrected chi connectivity index (χ1v) is 10.8. The van der Waals surface area contributed by atoms with Crippen LogP contribution >= 0.6 is 15.9 Å². The fraction of sp³-hybridized carbons (Fsp3) is 0.316. The van der Waals surface area contributed by atoms with Gasteiger partial charge in [0, 0.05) is 22.6 Å². The maximum absolute atomic E-state index is 12.1. The maximum Gasteiger partial charge on any atom is 0.240 e. The maximum atomic E-state index is 12.1. The minimum atomic E-state index is -3.43. The number of sulfonamides is 1. The van der Waals surface area contributed by atoms with Crippen LogP contribution in [0.4, 0.5) is 5.69 Å². The molecule has 1 aliphatic rings. The largest absolute Gasteiger partial charge is 0.326 e. The minimum Gasteiger partial charge on any atom is -0.326 e. The van der Waals surface area contributed by atoms with Crippen LogP contribution in [0, 0.1) is 6.92 Å². The lowest BCUT2D eigenvalue weighted by Crippen LogP contribution is -2.25. The Morgan fingerprint density at radius 3 is 2.46 bits per heavy atom. The normalized spacial score (nSPS) is 14.2. The molecule has 1 amide bonds. The van der Waals surface area contributed by atoms with Crippen LogP contribution < -0.4 is 10.0 Å². The number of hydrogen-bond acceptors (Lipinski definition) is 3. The van der Waals surface area contributed by atoms with Crippen molar-refractivity contribution in [3.8, 4) is 0 Å². The Morgan fingerprint density at radius 1 is 1.15 bits per heavy atom. The Balaban J connectivity index is 1.54. The topological polar surface area (TPSA) is 75.3 Å². The van der Waals surface area contributed by atoms with Crippen LogP contribution in [0.15, 0.2) is 51.8 Å². The molecule has 0 aliphatic heterocycles. The van der Waals surface area contributed by atoms with Crippen LogP contribution in [-0.2, 0) is 21.2 Å². The van der Waals surface area contributed by atoms with Crippen molar-refractivity contribution in [1.29, 1.82) is 0 Å². The van der Waals surface area contributed by atoms with Gasteiger partial charge < -0.3 is 5.32 Å². The molecule has 2 aromatic rings. The van der Waals surface area contributed by atoms with Crippen molar-refractivity contribution in [2.75, 3.05) is 5.32 Å². The molecular weight excluding hydrogens is 416 g/mol. The zero-order chi connectivity index (χ0) is 18.7. The highest BCUT2D eigenvalue weighted by Crippen LogP contribution is 2.23. The molecule has 1 saturated carbocycles.